The van der Waals surface area contributed by atoms with Gasteiger partial charge in [0.2, 0.25) is 5.89 Å². The number of nitrogens with zero attached hydrogens (tertiary/aromatic N) is 2. The number of oxazole rings is 1. The van der Waals surface area contributed by atoms with Crippen LogP contribution in [0.15, 0.2) is 239 Å². The zero-order valence-corrected chi connectivity index (χ0v) is 34.7. The first-order valence-corrected chi connectivity index (χ1v) is 21.8. The van der Waals surface area contributed by atoms with Crippen molar-refractivity contribution in [3.63, 3.8) is 0 Å². The molecule has 1 aliphatic rings. The van der Waals surface area contributed by atoms with Crippen molar-refractivity contribution in [2.24, 2.45) is 0 Å². The molecular weight excluding hydrogens is 781 g/mol. The highest BCUT2D eigenvalue weighted by atomic mass is 16.3. The van der Waals surface area contributed by atoms with E-state index in [1.165, 1.54) is 38.9 Å². The highest BCUT2D eigenvalue weighted by Gasteiger charge is 2.46. The van der Waals surface area contributed by atoms with Crippen LogP contribution >= 0.6 is 0 Å². The summed E-state index contributed by atoms with van der Waals surface area (Å²) >= 11 is 0. The number of rotatable bonds is 7. The molecule has 4 nitrogen and oxygen atoms in total. The molecule has 0 unspecified atom stereocenters. The van der Waals surface area contributed by atoms with Crippen molar-refractivity contribution < 1.29 is 8.83 Å². The second-order valence-electron chi connectivity index (χ2n) is 16.6. The molecule has 0 saturated heterocycles. The number of aromatic nitrogens is 1. The molecule has 12 aromatic rings. The van der Waals surface area contributed by atoms with Gasteiger partial charge in [-0.15, -0.1) is 0 Å². The van der Waals surface area contributed by atoms with Crippen LogP contribution in [0, 0.1) is 0 Å². The first kappa shape index (κ1) is 36.2. The van der Waals surface area contributed by atoms with Gasteiger partial charge in [0.1, 0.15) is 11.1 Å². The highest BCUT2D eigenvalue weighted by molar-refractivity contribution is 6.26. The van der Waals surface area contributed by atoms with Crippen LogP contribution in [0.3, 0.4) is 0 Å². The van der Waals surface area contributed by atoms with Gasteiger partial charge < -0.3 is 13.7 Å². The monoisotopic (exact) mass is 818 g/mol. The van der Waals surface area contributed by atoms with E-state index in [1.807, 2.05) is 30.3 Å². The predicted octanol–water partition coefficient (Wildman–Crippen LogP) is 16.0. The minimum absolute atomic E-state index is 0.563. The van der Waals surface area contributed by atoms with Crippen molar-refractivity contribution >= 4 is 60.9 Å². The lowest BCUT2D eigenvalue weighted by molar-refractivity contribution is 0.620. The van der Waals surface area contributed by atoms with E-state index >= 15 is 0 Å². The number of benzene rings is 10. The predicted molar refractivity (Wildman–Crippen MR) is 262 cm³/mol. The quantitative estimate of drug-likeness (QED) is 0.161. The summed E-state index contributed by atoms with van der Waals surface area (Å²) < 4.78 is 13.6. The van der Waals surface area contributed by atoms with Crippen LogP contribution < -0.4 is 4.90 Å². The number of hydrogen-bond acceptors (Lipinski definition) is 4. The van der Waals surface area contributed by atoms with E-state index in [4.69, 9.17) is 13.8 Å². The lowest BCUT2D eigenvalue weighted by Gasteiger charge is -2.35. The molecule has 0 aliphatic heterocycles. The number of hydrogen-bond donors (Lipinski definition) is 0. The van der Waals surface area contributed by atoms with Crippen LogP contribution in [0.5, 0.6) is 0 Å². The minimum atomic E-state index is -0.570. The molecule has 0 bridgehead atoms. The summed E-state index contributed by atoms with van der Waals surface area (Å²) in [6.45, 7) is 0. The Morgan fingerprint density at radius 1 is 0.406 bits per heavy atom. The van der Waals surface area contributed by atoms with Crippen molar-refractivity contribution in [1.82, 2.24) is 4.98 Å². The number of furan rings is 1. The molecule has 0 N–H and O–H groups in total. The smallest absolute Gasteiger partial charge is 0.228 e. The van der Waals surface area contributed by atoms with Gasteiger partial charge in [-0.1, -0.05) is 176 Å². The van der Waals surface area contributed by atoms with Gasteiger partial charge in [-0.2, -0.15) is 0 Å². The van der Waals surface area contributed by atoms with Gasteiger partial charge in [-0.25, -0.2) is 4.98 Å². The van der Waals surface area contributed by atoms with Gasteiger partial charge >= 0.3 is 0 Å². The minimum Gasteiger partial charge on any atom is -0.454 e. The van der Waals surface area contributed by atoms with Crippen molar-refractivity contribution in [1.29, 1.82) is 0 Å². The van der Waals surface area contributed by atoms with Crippen molar-refractivity contribution in [3.05, 3.63) is 253 Å². The molecule has 0 saturated carbocycles. The van der Waals surface area contributed by atoms with Gasteiger partial charge in [0.15, 0.2) is 11.2 Å². The van der Waals surface area contributed by atoms with E-state index in [0.29, 0.717) is 5.89 Å². The average molecular weight is 819 g/mol. The lowest BCUT2D eigenvalue weighted by atomic mass is 9.67. The Morgan fingerprint density at radius 2 is 1.02 bits per heavy atom. The van der Waals surface area contributed by atoms with Crippen LogP contribution in [0.2, 0.25) is 0 Å². The molecule has 2 heterocycles. The molecular formula is C60H38N2O2. The molecule has 0 atom stereocenters. The third kappa shape index (κ3) is 5.39. The van der Waals surface area contributed by atoms with E-state index in [0.717, 1.165) is 72.0 Å². The second-order valence-corrected chi connectivity index (χ2v) is 16.6. The Kier molecular flexibility index (Phi) is 8.09. The molecule has 300 valence electrons. The fourth-order valence-corrected chi connectivity index (χ4v) is 10.4. The zero-order valence-electron chi connectivity index (χ0n) is 34.7. The van der Waals surface area contributed by atoms with E-state index in [2.05, 4.69) is 205 Å². The summed E-state index contributed by atoms with van der Waals surface area (Å²) in [7, 11) is 0. The summed E-state index contributed by atoms with van der Waals surface area (Å²) in [5.41, 5.74) is 16.2. The SMILES string of the molecule is c1ccc(-c2ccc(N(c3cccc(C4(c5ccccc5)c5ccccc5-c5ccccc54)c3)c3cc4ccccc4c4c3oc3cccc(-c5nc6ccccc6o5)c34)cc2)cc1. The maximum Gasteiger partial charge on any atom is 0.228 e. The Balaban J connectivity index is 1.10. The molecule has 0 fully saturated rings. The van der Waals surface area contributed by atoms with Crippen molar-refractivity contribution in [3.8, 4) is 33.7 Å². The molecule has 10 aromatic carbocycles. The third-order valence-electron chi connectivity index (χ3n) is 13.2. The van der Waals surface area contributed by atoms with Crippen LogP contribution in [0.25, 0.3) is 77.5 Å². The van der Waals surface area contributed by atoms with Gasteiger partial charge in [-0.05, 0) is 110 Å². The van der Waals surface area contributed by atoms with Crippen molar-refractivity contribution in [2.45, 2.75) is 5.41 Å². The Hall–Kier alpha value is -8.47. The van der Waals surface area contributed by atoms with E-state index in [-0.39, 0.29) is 0 Å². The molecule has 2 aromatic heterocycles. The average Bonchev–Trinajstić information content (AvgIpc) is 4.07. The third-order valence-corrected chi connectivity index (χ3v) is 13.2. The number of anilines is 3. The molecule has 13 rings (SSSR count). The summed E-state index contributed by atoms with van der Waals surface area (Å²) in [5, 5.41) is 4.18. The fourth-order valence-electron chi connectivity index (χ4n) is 10.4. The zero-order chi connectivity index (χ0) is 42.2. The van der Waals surface area contributed by atoms with Gasteiger partial charge in [-0.3, -0.25) is 0 Å². The topological polar surface area (TPSA) is 42.4 Å². The highest BCUT2D eigenvalue weighted by Crippen LogP contribution is 2.57. The normalized spacial score (nSPS) is 12.8. The molecule has 64 heavy (non-hydrogen) atoms. The van der Waals surface area contributed by atoms with Crippen molar-refractivity contribution in [2.75, 3.05) is 4.90 Å². The standard InChI is InChI=1S/C60H38N2O2/c1-3-17-39(18-4-1)40-33-35-44(36-34-40)62(45-23-15-22-43(38-45)60(42-20-5-2-6-21-42)50-28-11-9-25-47(50)48-26-10-12-29-51(48)60)53-37-41-19-7-8-24-46(41)57-56-49(27-16-32-55(56)63-58(53)57)59-61-52-30-13-14-31-54(52)64-59/h1-38H. The Morgan fingerprint density at radius 3 is 1.80 bits per heavy atom. The summed E-state index contributed by atoms with van der Waals surface area (Å²) in [6, 6.07) is 82.4. The van der Waals surface area contributed by atoms with Crippen LogP contribution in [0.1, 0.15) is 22.3 Å². The summed E-state index contributed by atoms with van der Waals surface area (Å²) in [6.07, 6.45) is 0. The van der Waals surface area contributed by atoms with E-state index in [9.17, 15) is 0 Å². The maximum absolute atomic E-state index is 7.15. The van der Waals surface area contributed by atoms with Crippen LogP contribution in [0.4, 0.5) is 17.1 Å². The number of fused-ring (bicyclic) bond motifs is 9. The fraction of sp³-hybridized carbons (Fsp3) is 0.0167. The Bertz CT molecular complexity index is 3660. The van der Waals surface area contributed by atoms with E-state index in [1.54, 1.807) is 0 Å². The first-order valence-electron chi connectivity index (χ1n) is 21.8. The largest absolute Gasteiger partial charge is 0.454 e. The maximum atomic E-state index is 7.15. The van der Waals surface area contributed by atoms with Gasteiger partial charge in [0, 0.05) is 27.7 Å². The van der Waals surface area contributed by atoms with Gasteiger partial charge in [0.25, 0.3) is 0 Å². The van der Waals surface area contributed by atoms with Gasteiger partial charge in [0.05, 0.1) is 11.1 Å². The summed E-state index contributed by atoms with van der Waals surface area (Å²) in [4.78, 5) is 7.35. The molecule has 0 amide bonds. The Labute approximate surface area is 369 Å². The second kappa shape index (κ2) is 14.3. The van der Waals surface area contributed by atoms with Crippen LogP contribution in [-0.4, -0.2) is 4.98 Å². The summed E-state index contributed by atoms with van der Waals surface area (Å²) in [5.74, 6) is 0.563. The number of para-hydroxylation sites is 2. The molecule has 4 heteroatoms. The van der Waals surface area contributed by atoms with Crippen LogP contribution in [-0.2, 0) is 5.41 Å². The first-order chi connectivity index (χ1) is 31.7. The lowest BCUT2D eigenvalue weighted by Crippen LogP contribution is -2.28. The van der Waals surface area contributed by atoms with E-state index < -0.39 is 5.41 Å². The molecule has 0 radical (unpaired) electrons. The molecule has 0 spiro atoms. The molecule has 1 aliphatic carbocycles.